The topological polar surface area (TPSA) is 21.3 Å². The van der Waals surface area contributed by atoms with Crippen molar-refractivity contribution < 1.29 is 17.9 Å². The summed E-state index contributed by atoms with van der Waals surface area (Å²) in [6, 6.07) is 8.03. The second-order valence-corrected chi connectivity index (χ2v) is 5.31. The highest BCUT2D eigenvalue weighted by molar-refractivity contribution is 7.07. The summed E-state index contributed by atoms with van der Waals surface area (Å²) in [6.07, 6.45) is -4.06. The fraction of sp³-hybridized carbons (Fsp3) is 0.333. The van der Waals surface area contributed by atoms with E-state index in [0.717, 1.165) is 5.56 Å². The second-order valence-electron chi connectivity index (χ2n) is 4.53. The van der Waals surface area contributed by atoms with Gasteiger partial charge in [0.05, 0.1) is 0 Å². The molecule has 0 aliphatic carbocycles. The van der Waals surface area contributed by atoms with Crippen LogP contribution in [-0.4, -0.2) is 12.9 Å². The van der Waals surface area contributed by atoms with Gasteiger partial charge in [0.2, 0.25) is 0 Å². The van der Waals surface area contributed by atoms with Gasteiger partial charge >= 0.3 is 6.36 Å². The molecule has 2 nitrogen and oxygen atoms in total. The van der Waals surface area contributed by atoms with Crippen molar-refractivity contribution in [2.75, 3.05) is 6.54 Å². The number of rotatable bonds is 6. The molecule has 1 aromatic heterocycles. The third-order valence-corrected chi connectivity index (χ3v) is 3.72. The van der Waals surface area contributed by atoms with Crippen molar-refractivity contribution in [2.45, 2.75) is 25.7 Å². The van der Waals surface area contributed by atoms with Crippen LogP contribution >= 0.6 is 11.3 Å². The van der Waals surface area contributed by atoms with Gasteiger partial charge in [-0.3, -0.25) is 0 Å². The summed E-state index contributed by atoms with van der Waals surface area (Å²) in [5.41, 5.74) is 1.61. The first-order valence-corrected chi connectivity index (χ1v) is 7.53. The number of para-hydroxylation sites is 1. The Hall–Kier alpha value is -1.53. The van der Waals surface area contributed by atoms with Crippen molar-refractivity contribution in [2.24, 2.45) is 0 Å². The van der Waals surface area contributed by atoms with Crippen LogP contribution in [0.4, 0.5) is 13.2 Å². The zero-order valence-corrected chi connectivity index (χ0v) is 12.3. The molecule has 0 aliphatic rings. The Morgan fingerprint density at radius 2 is 2.00 bits per heavy atom. The standard InChI is InChI=1S/C15H16F3NOS/c1-2-19-13(9-11-7-8-21-10-11)12-5-3-4-6-14(12)20-15(16,17)18/h3-8,10,13,19H,2,9H2,1H3. The van der Waals surface area contributed by atoms with Crippen molar-refractivity contribution in [3.05, 3.63) is 52.2 Å². The molecule has 0 radical (unpaired) electrons. The lowest BCUT2D eigenvalue weighted by Gasteiger charge is -2.21. The molecule has 1 N–H and O–H groups in total. The van der Waals surface area contributed by atoms with Gasteiger partial charge in [-0.2, -0.15) is 11.3 Å². The molecule has 2 rings (SSSR count). The Morgan fingerprint density at radius 1 is 1.24 bits per heavy atom. The lowest BCUT2D eigenvalue weighted by molar-refractivity contribution is -0.275. The van der Waals surface area contributed by atoms with Crippen molar-refractivity contribution in [3.8, 4) is 5.75 Å². The Bertz CT molecular complexity index is 554. The van der Waals surface area contributed by atoms with Crippen molar-refractivity contribution in [3.63, 3.8) is 0 Å². The number of nitrogens with one attached hydrogen (secondary N) is 1. The molecular formula is C15H16F3NOS. The number of likely N-dealkylation sites (N-methyl/N-ethyl adjacent to an activating group) is 1. The monoisotopic (exact) mass is 315 g/mol. The molecule has 6 heteroatoms. The predicted octanol–water partition coefficient (Wildman–Crippen LogP) is 4.54. The first-order chi connectivity index (χ1) is 9.99. The van der Waals surface area contributed by atoms with Crippen molar-refractivity contribution >= 4 is 11.3 Å². The molecule has 2 aromatic rings. The number of hydrogen-bond donors (Lipinski definition) is 1. The van der Waals surface area contributed by atoms with E-state index in [2.05, 4.69) is 10.1 Å². The largest absolute Gasteiger partial charge is 0.573 e. The third kappa shape index (κ3) is 4.75. The van der Waals surface area contributed by atoms with Gasteiger partial charge in [0.1, 0.15) is 5.75 Å². The fourth-order valence-electron chi connectivity index (χ4n) is 2.17. The number of ether oxygens (including phenoxy) is 1. The van der Waals surface area contributed by atoms with Crippen molar-refractivity contribution in [1.29, 1.82) is 0 Å². The second kappa shape index (κ2) is 6.95. The highest BCUT2D eigenvalue weighted by Gasteiger charge is 2.32. The molecule has 0 amide bonds. The summed E-state index contributed by atoms with van der Waals surface area (Å²) in [5, 5.41) is 7.17. The molecule has 0 bridgehead atoms. The molecule has 114 valence electrons. The van der Waals surface area contributed by atoms with Crippen LogP contribution in [0, 0.1) is 0 Å². The molecule has 0 saturated carbocycles. The summed E-state index contributed by atoms with van der Waals surface area (Å²) < 4.78 is 41.7. The summed E-state index contributed by atoms with van der Waals surface area (Å²) in [5.74, 6) is -0.147. The maximum absolute atomic E-state index is 12.5. The summed E-state index contributed by atoms with van der Waals surface area (Å²) in [7, 11) is 0. The number of hydrogen-bond acceptors (Lipinski definition) is 3. The molecular weight excluding hydrogens is 299 g/mol. The van der Waals surface area contributed by atoms with Crippen LogP contribution in [0.5, 0.6) is 5.75 Å². The maximum Gasteiger partial charge on any atom is 0.573 e. The average Bonchev–Trinajstić information content (AvgIpc) is 2.90. The van der Waals surface area contributed by atoms with E-state index in [0.29, 0.717) is 18.5 Å². The number of benzene rings is 1. The van der Waals surface area contributed by atoms with Crippen LogP contribution in [0.25, 0.3) is 0 Å². The van der Waals surface area contributed by atoms with Gasteiger partial charge in [-0.05, 0) is 41.4 Å². The van der Waals surface area contributed by atoms with E-state index < -0.39 is 6.36 Å². The minimum Gasteiger partial charge on any atom is -0.405 e. The Morgan fingerprint density at radius 3 is 2.62 bits per heavy atom. The van der Waals surface area contributed by atoms with Gasteiger partial charge in [-0.1, -0.05) is 25.1 Å². The first-order valence-electron chi connectivity index (χ1n) is 6.58. The number of halogens is 3. The Balaban J connectivity index is 2.27. The van der Waals surface area contributed by atoms with Gasteiger partial charge in [0.15, 0.2) is 0 Å². The van der Waals surface area contributed by atoms with E-state index in [4.69, 9.17) is 0 Å². The van der Waals surface area contributed by atoms with Gasteiger partial charge in [-0.15, -0.1) is 13.2 Å². The van der Waals surface area contributed by atoms with Crippen LogP contribution in [0.1, 0.15) is 24.1 Å². The smallest absolute Gasteiger partial charge is 0.405 e. The number of alkyl halides is 3. The van der Waals surface area contributed by atoms with E-state index >= 15 is 0 Å². The average molecular weight is 315 g/mol. The Labute approximate surface area is 125 Å². The van der Waals surface area contributed by atoms with Gasteiger partial charge < -0.3 is 10.1 Å². The molecule has 0 aliphatic heterocycles. The highest BCUT2D eigenvalue weighted by atomic mass is 32.1. The van der Waals surface area contributed by atoms with Gasteiger partial charge in [-0.25, -0.2) is 0 Å². The highest BCUT2D eigenvalue weighted by Crippen LogP contribution is 2.32. The maximum atomic E-state index is 12.5. The lowest BCUT2D eigenvalue weighted by Crippen LogP contribution is -2.25. The van der Waals surface area contributed by atoms with Gasteiger partial charge in [0.25, 0.3) is 0 Å². The molecule has 0 fully saturated rings. The lowest BCUT2D eigenvalue weighted by atomic mass is 9.99. The fourth-order valence-corrected chi connectivity index (χ4v) is 2.85. The van der Waals surface area contributed by atoms with E-state index in [1.807, 2.05) is 23.8 Å². The number of thiophene rings is 1. The van der Waals surface area contributed by atoms with Gasteiger partial charge in [0, 0.05) is 11.6 Å². The molecule has 0 spiro atoms. The molecule has 1 aromatic carbocycles. The van der Waals surface area contributed by atoms with Crippen LogP contribution in [-0.2, 0) is 6.42 Å². The van der Waals surface area contributed by atoms with E-state index in [9.17, 15) is 13.2 Å². The van der Waals surface area contributed by atoms with E-state index in [-0.39, 0.29) is 11.8 Å². The summed E-state index contributed by atoms with van der Waals surface area (Å²) in [4.78, 5) is 0. The molecule has 1 heterocycles. The zero-order valence-electron chi connectivity index (χ0n) is 11.5. The molecule has 0 saturated heterocycles. The van der Waals surface area contributed by atoms with Crippen LogP contribution in [0.3, 0.4) is 0 Å². The van der Waals surface area contributed by atoms with E-state index in [1.165, 1.54) is 12.1 Å². The molecule has 1 unspecified atom stereocenters. The van der Waals surface area contributed by atoms with Crippen LogP contribution in [0.15, 0.2) is 41.1 Å². The van der Waals surface area contributed by atoms with Crippen molar-refractivity contribution in [1.82, 2.24) is 5.32 Å². The minimum absolute atomic E-state index is 0.147. The zero-order chi connectivity index (χ0) is 15.3. The molecule has 21 heavy (non-hydrogen) atoms. The van der Waals surface area contributed by atoms with E-state index in [1.54, 1.807) is 23.5 Å². The predicted molar refractivity (Wildman–Crippen MR) is 77.6 cm³/mol. The summed E-state index contributed by atoms with van der Waals surface area (Å²) in [6.45, 7) is 2.59. The summed E-state index contributed by atoms with van der Waals surface area (Å²) >= 11 is 1.57. The normalized spacial score (nSPS) is 13.1. The minimum atomic E-state index is -4.69. The Kier molecular flexibility index (Phi) is 5.25. The van der Waals surface area contributed by atoms with Crippen LogP contribution < -0.4 is 10.1 Å². The molecule has 1 atom stereocenters. The quantitative estimate of drug-likeness (QED) is 0.845. The van der Waals surface area contributed by atoms with Crippen LogP contribution in [0.2, 0.25) is 0 Å². The SMILES string of the molecule is CCNC(Cc1ccsc1)c1ccccc1OC(F)(F)F. The first kappa shape index (κ1) is 15.9. The third-order valence-electron chi connectivity index (χ3n) is 2.99.